The van der Waals surface area contributed by atoms with Crippen LogP contribution in [0.2, 0.25) is 0 Å². The molecule has 1 aromatic carbocycles. The van der Waals surface area contributed by atoms with Gasteiger partial charge in [0.1, 0.15) is 18.1 Å². The van der Waals surface area contributed by atoms with Crippen molar-refractivity contribution in [3.05, 3.63) is 22.2 Å². The fraction of sp³-hybridized carbons (Fsp3) is 0.417. The first-order valence-electron chi connectivity index (χ1n) is 5.46. The van der Waals surface area contributed by atoms with Gasteiger partial charge in [0.15, 0.2) is 0 Å². The Kier molecular flexibility index (Phi) is 6.07. The fourth-order valence-electron chi connectivity index (χ4n) is 1.57. The van der Waals surface area contributed by atoms with Crippen LogP contribution in [0, 0.1) is 0 Å². The van der Waals surface area contributed by atoms with Gasteiger partial charge in [-0.05, 0) is 6.07 Å². The van der Waals surface area contributed by atoms with Gasteiger partial charge in [0.25, 0.3) is 0 Å². The Hall–Kier alpha value is -1.31. The topological polar surface area (TPSA) is 91.0 Å². The number of aliphatic carboxylic acids is 1. The van der Waals surface area contributed by atoms with Crippen molar-refractivity contribution in [2.24, 2.45) is 5.73 Å². The van der Waals surface area contributed by atoms with Gasteiger partial charge in [-0.3, -0.25) is 0 Å². The van der Waals surface area contributed by atoms with E-state index in [0.29, 0.717) is 17.1 Å². The van der Waals surface area contributed by atoms with Crippen molar-refractivity contribution < 1.29 is 24.1 Å². The second-order valence-corrected chi connectivity index (χ2v) is 4.59. The number of carbonyl (C=O) groups is 1. The summed E-state index contributed by atoms with van der Waals surface area (Å²) in [5.41, 5.74) is 6.68. The maximum absolute atomic E-state index is 10.4. The normalized spacial score (nSPS) is 12.0. The Morgan fingerprint density at radius 1 is 1.42 bits per heavy atom. The summed E-state index contributed by atoms with van der Waals surface area (Å²) in [5.74, 6) is 0.150. The minimum atomic E-state index is -1.03. The largest absolute Gasteiger partial charge is 0.497 e. The van der Waals surface area contributed by atoms with Crippen LogP contribution in [-0.2, 0) is 9.53 Å². The molecule has 7 heteroatoms. The number of hydrogen-bond acceptors (Lipinski definition) is 5. The Morgan fingerprint density at radius 3 is 2.63 bits per heavy atom. The molecule has 0 amide bonds. The Labute approximate surface area is 119 Å². The smallest absolute Gasteiger partial charge is 0.329 e. The molecule has 0 aliphatic rings. The van der Waals surface area contributed by atoms with Gasteiger partial charge >= 0.3 is 5.97 Å². The summed E-state index contributed by atoms with van der Waals surface area (Å²) in [6.07, 6.45) is 0. The summed E-state index contributed by atoms with van der Waals surface area (Å²) in [5, 5.41) is 8.50. The van der Waals surface area contributed by atoms with Crippen molar-refractivity contribution in [1.82, 2.24) is 0 Å². The molecule has 0 fully saturated rings. The summed E-state index contributed by atoms with van der Waals surface area (Å²) in [7, 11) is 3.08. The summed E-state index contributed by atoms with van der Waals surface area (Å²) in [6, 6.07) is 2.96. The van der Waals surface area contributed by atoms with E-state index in [1.165, 1.54) is 7.11 Å². The molecule has 0 bridgehead atoms. The molecular formula is C12H16BrNO5. The first-order valence-corrected chi connectivity index (χ1v) is 6.25. The van der Waals surface area contributed by atoms with Crippen LogP contribution in [0.25, 0.3) is 0 Å². The molecule has 0 aromatic heterocycles. The maximum Gasteiger partial charge on any atom is 0.329 e. The Balaban J connectivity index is 2.88. The fourth-order valence-corrected chi connectivity index (χ4v) is 2.29. The molecule has 0 aliphatic heterocycles. The zero-order valence-electron chi connectivity index (χ0n) is 10.7. The third-order valence-electron chi connectivity index (χ3n) is 2.41. The molecule has 1 rings (SSSR count). The third kappa shape index (κ3) is 4.38. The molecule has 19 heavy (non-hydrogen) atoms. The van der Waals surface area contributed by atoms with Crippen molar-refractivity contribution in [2.45, 2.75) is 6.04 Å². The highest BCUT2D eigenvalue weighted by atomic mass is 79.9. The summed E-state index contributed by atoms with van der Waals surface area (Å²) in [4.78, 5) is 10.4. The van der Waals surface area contributed by atoms with Crippen LogP contribution in [0.1, 0.15) is 11.6 Å². The van der Waals surface area contributed by atoms with E-state index in [9.17, 15) is 4.79 Å². The molecule has 0 saturated heterocycles. The number of nitrogens with two attached hydrogens (primary N) is 1. The lowest BCUT2D eigenvalue weighted by Crippen LogP contribution is -2.20. The number of methoxy groups -OCH3 is 2. The van der Waals surface area contributed by atoms with E-state index < -0.39 is 12.0 Å². The highest BCUT2D eigenvalue weighted by Gasteiger charge is 2.18. The molecule has 6 nitrogen and oxygen atoms in total. The Morgan fingerprint density at radius 2 is 2.11 bits per heavy atom. The van der Waals surface area contributed by atoms with Crippen LogP contribution in [0.3, 0.4) is 0 Å². The number of carboxylic acid groups (broad SMARTS) is 1. The van der Waals surface area contributed by atoms with Crippen molar-refractivity contribution in [2.75, 3.05) is 27.4 Å². The van der Waals surface area contributed by atoms with Gasteiger partial charge in [-0.2, -0.15) is 0 Å². The molecule has 0 aliphatic carbocycles. The van der Waals surface area contributed by atoms with Gasteiger partial charge < -0.3 is 25.1 Å². The van der Waals surface area contributed by atoms with Gasteiger partial charge in [-0.1, -0.05) is 15.9 Å². The van der Waals surface area contributed by atoms with Crippen molar-refractivity contribution >= 4 is 21.9 Å². The van der Waals surface area contributed by atoms with Gasteiger partial charge in [-0.25, -0.2) is 4.79 Å². The molecule has 3 N–H and O–H groups in total. The number of hydrogen-bond donors (Lipinski definition) is 2. The molecular weight excluding hydrogens is 318 g/mol. The predicted octanol–water partition coefficient (Wildman–Crippen LogP) is 1.57. The van der Waals surface area contributed by atoms with Crippen LogP contribution in [-0.4, -0.2) is 38.5 Å². The lowest BCUT2D eigenvalue weighted by Gasteiger charge is -2.18. The standard InChI is InChI=1S/C12H16BrNO5/c1-17-7-3-8(13)12(10(4-7)18-2)9(14)5-19-6-11(15)16/h3-4,9H,5-6,14H2,1-2H3,(H,15,16). The number of halogens is 1. The minimum absolute atomic E-state index is 0.0770. The van der Waals surface area contributed by atoms with E-state index in [-0.39, 0.29) is 13.2 Å². The van der Waals surface area contributed by atoms with Gasteiger partial charge in [0, 0.05) is 16.1 Å². The first kappa shape index (κ1) is 15.7. The van der Waals surface area contributed by atoms with E-state index in [0.717, 1.165) is 4.47 Å². The van der Waals surface area contributed by atoms with E-state index in [4.69, 9.17) is 25.1 Å². The van der Waals surface area contributed by atoms with Gasteiger partial charge in [0.2, 0.25) is 0 Å². The van der Waals surface area contributed by atoms with E-state index in [2.05, 4.69) is 15.9 Å². The quantitative estimate of drug-likeness (QED) is 0.786. The third-order valence-corrected chi connectivity index (χ3v) is 3.07. The number of rotatable bonds is 7. The number of carboxylic acids is 1. The monoisotopic (exact) mass is 333 g/mol. The Bertz CT molecular complexity index is 452. The average molecular weight is 334 g/mol. The lowest BCUT2D eigenvalue weighted by molar-refractivity contribution is -0.142. The molecule has 0 radical (unpaired) electrons. The molecule has 0 heterocycles. The second kappa shape index (κ2) is 7.32. The number of ether oxygens (including phenoxy) is 3. The summed E-state index contributed by atoms with van der Waals surface area (Å²) < 4.78 is 16.1. The summed E-state index contributed by atoms with van der Waals surface area (Å²) >= 11 is 3.39. The van der Waals surface area contributed by atoms with Crippen LogP contribution in [0.15, 0.2) is 16.6 Å². The van der Waals surface area contributed by atoms with E-state index in [1.807, 2.05) is 0 Å². The molecule has 1 unspecified atom stereocenters. The van der Waals surface area contributed by atoms with Gasteiger partial charge in [0.05, 0.1) is 26.9 Å². The van der Waals surface area contributed by atoms with Crippen LogP contribution >= 0.6 is 15.9 Å². The molecule has 106 valence electrons. The van der Waals surface area contributed by atoms with Crippen LogP contribution < -0.4 is 15.2 Å². The number of benzene rings is 1. The molecule has 1 atom stereocenters. The highest BCUT2D eigenvalue weighted by Crippen LogP contribution is 2.35. The van der Waals surface area contributed by atoms with Crippen LogP contribution in [0.4, 0.5) is 0 Å². The maximum atomic E-state index is 10.4. The summed E-state index contributed by atoms with van der Waals surface area (Å²) in [6.45, 7) is -0.308. The molecule has 0 spiro atoms. The molecule has 0 saturated carbocycles. The lowest BCUT2D eigenvalue weighted by atomic mass is 10.1. The minimum Gasteiger partial charge on any atom is -0.497 e. The van der Waals surface area contributed by atoms with Crippen molar-refractivity contribution in [3.8, 4) is 11.5 Å². The SMILES string of the molecule is COc1cc(Br)c(C(N)COCC(=O)O)c(OC)c1. The zero-order valence-corrected chi connectivity index (χ0v) is 12.3. The highest BCUT2D eigenvalue weighted by molar-refractivity contribution is 9.10. The van der Waals surface area contributed by atoms with E-state index in [1.54, 1.807) is 19.2 Å². The second-order valence-electron chi connectivity index (χ2n) is 3.74. The van der Waals surface area contributed by atoms with Crippen molar-refractivity contribution in [1.29, 1.82) is 0 Å². The zero-order chi connectivity index (χ0) is 14.4. The van der Waals surface area contributed by atoms with Crippen molar-refractivity contribution in [3.63, 3.8) is 0 Å². The van der Waals surface area contributed by atoms with E-state index >= 15 is 0 Å². The van der Waals surface area contributed by atoms with Gasteiger partial charge in [-0.15, -0.1) is 0 Å². The average Bonchev–Trinajstić information content (AvgIpc) is 2.36. The first-order chi connectivity index (χ1) is 8.99. The van der Waals surface area contributed by atoms with Crippen LogP contribution in [0.5, 0.6) is 11.5 Å². The molecule has 1 aromatic rings. The predicted molar refractivity (Wildman–Crippen MR) is 72.6 cm³/mol.